The standard InChI is InChI=1S/C13H19FN2O3S/c1-13(2,3)16(20(4,18)19)9-12(17)15-11-7-5-10(14)6-8-11/h5-8H,9H2,1-4H3,(H,15,17). The summed E-state index contributed by atoms with van der Waals surface area (Å²) in [6, 6.07) is 5.26. The number of nitrogens with one attached hydrogen (secondary N) is 1. The van der Waals surface area contributed by atoms with Crippen molar-refractivity contribution in [3.8, 4) is 0 Å². The Balaban J connectivity index is 2.80. The van der Waals surface area contributed by atoms with Crippen LogP contribution in [0.3, 0.4) is 0 Å². The molecule has 0 aromatic heterocycles. The van der Waals surface area contributed by atoms with Crippen LogP contribution in [0.5, 0.6) is 0 Å². The first kappa shape index (κ1) is 16.6. The molecule has 1 amide bonds. The molecule has 0 bridgehead atoms. The zero-order valence-corrected chi connectivity index (χ0v) is 12.8. The molecule has 5 nitrogen and oxygen atoms in total. The molecule has 20 heavy (non-hydrogen) atoms. The van der Waals surface area contributed by atoms with Crippen molar-refractivity contribution in [2.45, 2.75) is 26.3 Å². The van der Waals surface area contributed by atoms with Crippen LogP contribution in [-0.2, 0) is 14.8 Å². The number of sulfonamides is 1. The third-order valence-electron chi connectivity index (χ3n) is 2.56. The third kappa shape index (κ3) is 4.90. The van der Waals surface area contributed by atoms with E-state index in [4.69, 9.17) is 0 Å². The first-order valence-corrected chi connectivity index (χ1v) is 7.88. The van der Waals surface area contributed by atoms with Crippen LogP contribution in [-0.4, -0.2) is 37.0 Å². The molecule has 1 rings (SSSR count). The molecule has 1 aromatic rings. The number of benzene rings is 1. The normalized spacial score (nSPS) is 12.5. The molecular formula is C13H19FN2O3S. The van der Waals surface area contributed by atoms with Gasteiger partial charge < -0.3 is 5.32 Å². The summed E-state index contributed by atoms with van der Waals surface area (Å²) in [5, 5.41) is 2.53. The van der Waals surface area contributed by atoms with Gasteiger partial charge in [-0.3, -0.25) is 4.79 Å². The Morgan fingerprint density at radius 2 is 1.75 bits per heavy atom. The topological polar surface area (TPSA) is 66.5 Å². The summed E-state index contributed by atoms with van der Waals surface area (Å²) in [6.45, 7) is 4.83. The Labute approximate surface area is 118 Å². The van der Waals surface area contributed by atoms with Gasteiger partial charge >= 0.3 is 0 Å². The third-order valence-corrected chi connectivity index (χ3v) is 4.04. The Hall–Kier alpha value is -1.47. The number of rotatable bonds is 4. The minimum atomic E-state index is -3.50. The van der Waals surface area contributed by atoms with E-state index in [9.17, 15) is 17.6 Å². The number of amides is 1. The van der Waals surface area contributed by atoms with Gasteiger partial charge in [-0.15, -0.1) is 0 Å². The monoisotopic (exact) mass is 302 g/mol. The van der Waals surface area contributed by atoms with Gasteiger partial charge in [0.15, 0.2) is 0 Å². The van der Waals surface area contributed by atoms with Crippen molar-refractivity contribution >= 4 is 21.6 Å². The first-order valence-electron chi connectivity index (χ1n) is 6.03. The van der Waals surface area contributed by atoms with Crippen LogP contribution < -0.4 is 5.32 Å². The average Bonchev–Trinajstić information content (AvgIpc) is 2.26. The number of halogens is 1. The van der Waals surface area contributed by atoms with Crippen molar-refractivity contribution in [2.75, 3.05) is 18.1 Å². The highest BCUT2D eigenvalue weighted by Crippen LogP contribution is 2.17. The molecule has 7 heteroatoms. The van der Waals surface area contributed by atoms with Crippen LogP contribution >= 0.6 is 0 Å². The number of nitrogens with zero attached hydrogens (tertiary/aromatic N) is 1. The average molecular weight is 302 g/mol. The smallest absolute Gasteiger partial charge is 0.239 e. The van der Waals surface area contributed by atoms with Crippen molar-refractivity contribution in [2.24, 2.45) is 0 Å². The molecule has 0 saturated carbocycles. The molecule has 1 N–H and O–H groups in total. The molecular weight excluding hydrogens is 283 g/mol. The number of anilines is 1. The highest BCUT2D eigenvalue weighted by Gasteiger charge is 2.31. The number of hydrogen-bond donors (Lipinski definition) is 1. The molecule has 0 fully saturated rings. The molecule has 0 aliphatic carbocycles. The fourth-order valence-corrected chi connectivity index (χ4v) is 3.06. The van der Waals surface area contributed by atoms with Crippen LogP contribution in [0.15, 0.2) is 24.3 Å². The maximum Gasteiger partial charge on any atom is 0.239 e. The van der Waals surface area contributed by atoms with Gasteiger partial charge in [0.05, 0.1) is 12.8 Å². The SMILES string of the molecule is CC(C)(C)N(CC(=O)Nc1ccc(F)cc1)S(C)(=O)=O. The van der Waals surface area contributed by atoms with E-state index in [0.29, 0.717) is 5.69 Å². The fraction of sp³-hybridized carbons (Fsp3) is 0.462. The van der Waals surface area contributed by atoms with Gasteiger partial charge in [0.2, 0.25) is 15.9 Å². The summed E-state index contributed by atoms with van der Waals surface area (Å²) in [4.78, 5) is 11.9. The van der Waals surface area contributed by atoms with Gasteiger partial charge in [-0.2, -0.15) is 4.31 Å². The molecule has 112 valence electrons. The molecule has 0 aliphatic rings. The molecule has 0 atom stereocenters. The predicted octanol–water partition coefficient (Wildman–Crippen LogP) is 1.82. The zero-order chi connectivity index (χ0) is 15.6. The van der Waals surface area contributed by atoms with Gasteiger partial charge in [0.25, 0.3) is 0 Å². The predicted molar refractivity (Wildman–Crippen MR) is 76.3 cm³/mol. The summed E-state index contributed by atoms with van der Waals surface area (Å²) >= 11 is 0. The highest BCUT2D eigenvalue weighted by atomic mass is 32.2. The lowest BCUT2D eigenvalue weighted by atomic mass is 10.1. The van der Waals surface area contributed by atoms with E-state index < -0.39 is 27.3 Å². The lowest BCUT2D eigenvalue weighted by Crippen LogP contribution is -2.48. The van der Waals surface area contributed by atoms with Crippen LogP contribution in [0, 0.1) is 5.82 Å². The first-order chi connectivity index (χ1) is 9.00. The second kappa shape index (κ2) is 5.88. The van der Waals surface area contributed by atoms with E-state index >= 15 is 0 Å². The second-order valence-electron chi connectivity index (χ2n) is 5.50. The highest BCUT2D eigenvalue weighted by molar-refractivity contribution is 7.88. The van der Waals surface area contributed by atoms with Crippen molar-refractivity contribution < 1.29 is 17.6 Å². The number of carbonyl (C=O) groups is 1. The summed E-state index contributed by atoms with van der Waals surface area (Å²) in [7, 11) is -3.50. The molecule has 1 aromatic carbocycles. The zero-order valence-electron chi connectivity index (χ0n) is 12.0. The van der Waals surface area contributed by atoms with Gasteiger partial charge in [0, 0.05) is 11.2 Å². The van der Waals surface area contributed by atoms with Crippen molar-refractivity contribution in [3.63, 3.8) is 0 Å². The van der Waals surface area contributed by atoms with Crippen molar-refractivity contribution in [1.82, 2.24) is 4.31 Å². The molecule has 0 saturated heterocycles. The van der Waals surface area contributed by atoms with Gasteiger partial charge in [-0.05, 0) is 45.0 Å². The van der Waals surface area contributed by atoms with Crippen LogP contribution in [0.4, 0.5) is 10.1 Å². The molecule has 0 aliphatic heterocycles. The van der Waals surface area contributed by atoms with Gasteiger partial charge in [-0.1, -0.05) is 0 Å². The Kier molecular flexibility index (Phi) is 4.88. The molecule has 0 unspecified atom stereocenters. The summed E-state index contributed by atoms with van der Waals surface area (Å²) in [6.07, 6.45) is 1.06. The molecule has 0 heterocycles. The summed E-state index contributed by atoms with van der Waals surface area (Å²) in [5.74, 6) is -0.882. The lowest BCUT2D eigenvalue weighted by molar-refractivity contribution is -0.117. The molecule has 0 spiro atoms. The lowest BCUT2D eigenvalue weighted by Gasteiger charge is -2.32. The van der Waals surface area contributed by atoms with E-state index in [1.54, 1.807) is 20.8 Å². The minimum Gasteiger partial charge on any atom is -0.325 e. The largest absolute Gasteiger partial charge is 0.325 e. The Bertz CT molecular complexity index is 577. The minimum absolute atomic E-state index is 0.292. The summed E-state index contributed by atoms with van der Waals surface area (Å²) in [5.41, 5.74) is -0.285. The van der Waals surface area contributed by atoms with Crippen LogP contribution in [0.25, 0.3) is 0 Å². The number of hydrogen-bond acceptors (Lipinski definition) is 3. The van der Waals surface area contributed by atoms with Crippen molar-refractivity contribution in [3.05, 3.63) is 30.1 Å². The Morgan fingerprint density at radius 1 is 1.25 bits per heavy atom. The van der Waals surface area contributed by atoms with E-state index in [2.05, 4.69) is 5.32 Å². The van der Waals surface area contributed by atoms with Crippen LogP contribution in [0.1, 0.15) is 20.8 Å². The van der Waals surface area contributed by atoms with Gasteiger partial charge in [0.1, 0.15) is 5.82 Å². The van der Waals surface area contributed by atoms with Crippen molar-refractivity contribution in [1.29, 1.82) is 0 Å². The van der Waals surface area contributed by atoms with E-state index in [1.165, 1.54) is 24.3 Å². The summed E-state index contributed by atoms with van der Waals surface area (Å²) < 4.78 is 37.3. The second-order valence-corrected chi connectivity index (χ2v) is 7.40. The Morgan fingerprint density at radius 3 is 2.15 bits per heavy atom. The van der Waals surface area contributed by atoms with E-state index in [0.717, 1.165) is 10.6 Å². The molecule has 0 radical (unpaired) electrons. The van der Waals surface area contributed by atoms with Crippen LogP contribution in [0.2, 0.25) is 0 Å². The van der Waals surface area contributed by atoms with E-state index in [-0.39, 0.29) is 6.54 Å². The fourth-order valence-electron chi connectivity index (χ4n) is 1.72. The quantitative estimate of drug-likeness (QED) is 0.922. The maximum absolute atomic E-state index is 12.7. The van der Waals surface area contributed by atoms with E-state index in [1.807, 2.05) is 0 Å². The maximum atomic E-state index is 12.7. The number of carbonyl (C=O) groups excluding carboxylic acids is 1. The van der Waals surface area contributed by atoms with Gasteiger partial charge in [-0.25, -0.2) is 12.8 Å².